The molecule has 0 radical (unpaired) electrons. The maximum absolute atomic E-state index is 13.0. The van der Waals surface area contributed by atoms with Crippen LogP contribution in [0, 0.1) is 0 Å². The Bertz CT molecular complexity index is 1530. The van der Waals surface area contributed by atoms with Crippen molar-refractivity contribution in [2.45, 2.75) is 17.9 Å². The van der Waals surface area contributed by atoms with E-state index >= 15 is 0 Å². The van der Waals surface area contributed by atoms with Crippen LogP contribution in [-0.2, 0) is 5.60 Å². The lowest BCUT2D eigenvalue weighted by Crippen LogP contribution is -2.38. The Morgan fingerprint density at radius 1 is 0.892 bits per heavy atom. The molecule has 4 nitrogen and oxygen atoms in total. The van der Waals surface area contributed by atoms with E-state index in [-0.39, 0.29) is 0 Å². The van der Waals surface area contributed by atoms with Crippen molar-refractivity contribution in [1.29, 1.82) is 0 Å². The molecule has 0 aliphatic heterocycles. The van der Waals surface area contributed by atoms with Gasteiger partial charge in [-0.05, 0) is 66.7 Å². The van der Waals surface area contributed by atoms with Crippen LogP contribution in [0.3, 0.4) is 0 Å². The van der Waals surface area contributed by atoms with Crippen LogP contribution < -0.4 is 4.74 Å². The first-order valence-electron chi connectivity index (χ1n) is 12.4. The van der Waals surface area contributed by atoms with E-state index in [1.165, 1.54) is 0 Å². The first kappa shape index (κ1) is 25.2. The molecule has 0 saturated heterocycles. The molecule has 37 heavy (non-hydrogen) atoms. The molecular formula is C32H31ClN2O2. The zero-order chi connectivity index (χ0) is 26.0. The minimum absolute atomic E-state index is 0.384. The molecule has 0 saturated carbocycles. The largest absolute Gasteiger partial charge is 0.497 e. The normalized spacial score (nSPS) is 14.1. The maximum Gasteiger partial charge on any atom is 0.133 e. The number of fused-ring (bicyclic) bond motifs is 2. The van der Waals surface area contributed by atoms with Crippen molar-refractivity contribution < 1.29 is 9.84 Å². The Labute approximate surface area is 223 Å². The lowest BCUT2D eigenvalue weighted by atomic mass is 9.71. The summed E-state index contributed by atoms with van der Waals surface area (Å²) in [5.74, 6) is 0.283. The van der Waals surface area contributed by atoms with E-state index in [4.69, 9.17) is 21.3 Å². The van der Waals surface area contributed by atoms with Gasteiger partial charge in [-0.15, -0.1) is 0 Å². The molecule has 0 spiro atoms. The minimum Gasteiger partial charge on any atom is -0.497 e. The fourth-order valence-corrected chi connectivity index (χ4v) is 5.52. The molecule has 1 N–H and O–H groups in total. The third-order valence-electron chi connectivity index (χ3n) is 7.12. The zero-order valence-electron chi connectivity index (χ0n) is 21.4. The smallest absolute Gasteiger partial charge is 0.133 e. The molecule has 2 unspecified atom stereocenters. The van der Waals surface area contributed by atoms with E-state index < -0.39 is 11.5 Å². The van der Waals surface area contributed by atoms with E-state index in [0.29, 0.717) is 18.1 Å². The van der Waals surface area contributed by atoms with Crippen molar-refractivity contribution in [1.82, 2.24) is 9.88 Å². The van der Waals surface area contributed by atoms with Crippen LogP contribution in [0.4, 0.5) is 0 Å². The number of hydrogen-bond acceptors (Lipinski definition) is 4. The highest BCUT2D eigenvalue weighted by Gasteiger charge is 2.42. The summed E-state index contributed by atoms with van der Waals surface area (Å²) in [6, 6.07) is 32.3. The lowest BCUT2D eigenvalue weighted by molar-refractivity contribution is 0.00586. The molecule has 1 heterocycles. The van der Waals surface area contributed by atoms with E-state index in [9.17, 15) is 5.11 Å². The van der Waals surface area contributed by atoms with Crippen LogP contribution in [0.5, 0.6) is 5.75 Å². The van der Waals surface area contributed by atoms with Crippen molar-refractivity contribution in [2.75, 3.05) is 27.7 Å². The first-order chi connectivity index (χ1) is 17.9. The second-order valence-corrected chi connectivity index (χ2v) is 10.1. The third-order valence-corrected chi connectivity index (χ3v) is 7.42. The number of rotatable bonds is 8. The van der Waals surface area contributed by atoms with Gasteiger partial charge in [0.15, 0.2) is 0 Å². The third kappa shape index (κ3) is 4.93. The Morgan fingerprint density at radius 2 is 1.62 bits per heavy atom. The highest BCUT2D eigenvalue weighted by Crippen LogP contribution is 2.48. The predicted octanol–water partition coefficient (Wildman–Crippen LogP) is 7.02. The lowest BCUT2D eigenvalue weighted by Gasteiger charge is -2.39. The van der Waals surface area contributed by atoms with Crippen molar-refractivity contribution >= 4 is 33.3 Å². The number of aromatic nitrogens is 1. The molecule has 2 atom stereocenters. The highest BCUT2D eigenvalue weighted by atomic mass is 35.5. The van der Waals surface area contributed by atoms with E-state index in [1.54, 1.807) is 7.11 Å². The van der Waals surface area contributed by atoms with Gasteiger partial charge in [0.25, 0.3) is 0 Å². The summed E-state index contributed by atoms with van der Waals surface area (Å²) in [5.41, 5.74) is 2.14. The van der Waals surface area contributed by atoms with Gasteiger partial charge in [0.1, 0.15) is 16.5 Å². The SMILES string of the molecule is COc1ccc2nc(Cl)c(C(c3ccccc3)C(O)(CCN(C)C)c3cccc4ccccc34)cc2c1. The Morgan fingerprint density at radius 3 is 2.38 bits per heavy atom. The standard InChI is InChI=1S/C32H31ClN2O2/c1-35(2)19-18-32(36,28-15-9-13-22-10-7-8-14-26(22)28)30(23-11-5-4-6-12-23)27-21-24-20-25(37-3)16-17-29(24)34-31(27)33/h4-17,20-21,30,36H,18-19H2,1-3H3. The number of benzene rings is 4. The Balaban J connectivity index is 1.81. The molecule has 188 valence electrons. The second kappa shape index (κ2) is 10.5. The molecule has 4 aromatic carbocycles. The monoisotopic (exact) mass is 510 g/mol. The van der Waals surface area contributed by atoms with Crippen molar-refractivity contribution in [3.8, 4) is 5.75 Å². The fraction of sp³-hybridized carbons (Fsp3) is 0.219. The van der Waals surface area contributed by atoms with Crippen LogP contribution >= 0.6 is 11.6 Å². The van der Waals surface area contributed by atoms with Gasteiger partial charge in [-0.25, -0.2) is 4.98 Å². The van der Waals surface area contributed by atoms with Gasteiger partial charge in [0.2, 0.25) is 0 Å². The highest BCUT2D eigenvalue weighted by molar-refractivity contribution is 6.30. The Hall–Kier alpha value is -3.44. The van der Waals surface area contributed by atoms with Gasteiger partial charge in [-0.3, -0.25) is 0 Å². The molecule has 5 aromatic rings. The number of halogens is 1. The van der Waals surface area contributed by atoms with Gasteiger partial charge in [-0.2, -0.15) is 0 Å². The molecule has 5 heteroatoms. The number of hydrogen-bond donors (Lipinski definition) is 1. The molecular weight excluding hydrogens is 480 g/mol. The second-order valence-electron chi connectivity index (χ2n) is 9.77. The molecule has 1 aromatic heterocycles. The van der Waals surface area contributed by atoms with Crippen LogP contribution in [0.15, 0.2) is 97.1 Å². The number of methoxy groups -OCH3 is 1. The molecule has 0 aliphatic rings. The summed E-state index contributed by atoms with van der Waals surface area (Å²) in [4.78, 5) is 6.85. The topological polar surface area (TPSA) is 45.6 Å². The molecule has 0 amide bonds. The summed E-state index contributed by atoms with van der Waals surface area (Å²) in [6.07, 6.45) is 0.500. The Kier molecular flexibility index (Phi) is 7.16. The summed E-state index contributed by atoms with van der Waals surface area (Å²) >= 11 is 6.93. The van der Waals surface area contributed by atoms with Gasteiger partial charge < -0.3 is 14.7 Å². The van der Waals surface area contributed by atoms with Crippen LogP contribution in [-0.4, -0.2) is 42.7 Å². The van der Waals surface area contributed by atoms with Gasteiger partial charge >= 0.3 is 0 Å². The quantitative estimate of drug-likeness (QED) is 0.228. The van der Waals surface area contributed by atoms with Crippen LogP contribution in [0.1, 0.15) is 29.0 Å². The molecule has 0 aliphatic carbocycles. The maximum atomic E-state index is 13.0. The van der Waals surface area contributed by atoms with Crippen molar-refractivity contribution in [3.63, 3.8) is 0 Å². The van der Waals surface area contributed by atoms with Gasteiger partial charge in [-0.1, -0.05) is 84.4 Å². The average molecular weight is 511 g/mol. The average Bonchev–Trinajstić information content (AvgIpc) is 2.92. The summed E-state index contributed by atoms with van der Waals surface area (Å²) in [6.45, 7) is 0.690. The van der Waals surface area contributed by atoms with E-state index in [0.717, 1.165) is 44.1 Å². The summed E-state index contributed by atoms with van der Waals surface area (Å²) in [5, 5.41) is 16.4. The number of aliphatic hydroxyl groups is 1. The molecule has 0 bridgehead atoms. The van der Waals surface area contributed by atoms with E-state index in [2.05, 4.69) is 41.3 Å². The van der Waals surface area contributed by atoms with Crippen molar-refractivity contribution in [2.24, 2.45) is 0 Å². The zero-order valence-corrected chi connectivity index (χ0v) is 22.1. The van der Waals surface area contributed by atoms with Crippen molar-refractivity contribution in [3.05, 3.63) is 119 Å². The first-order valence-corrected chi connectivity index (χ1v) is 12.8. The number of pyridine rings is 1. The number of ether oxygens (including phenoxy) is 1. The van der Waals surface area contributed by atoms with E-state index in [1.807, 2.05) is 74.8 Å². The fourth-order valence-electron chi connectivity index (χ4n) is 5.27. The van der Waals surface area contributed by atoms with Crippen LogP contribution in [0.25, 0.3) is 21.7 Å². The van der Waals surface area contributed by atoms with Crippen LogP contribution in [0.2, 0.25) is 5.15 Å². The van der Waals surface area contributed by atoms with Gasteiger partial charge in [0.05, 0.1) is 12.6 Å². The molecule has 0 fully saturated rings. The van der Waals surface area contributed by atoms with Gasteiger partial charge in [0, 0.05) is 23.4 Å². The summed E-state index contributed by atoms with van der Waals surface area (Å²) in [7, 11) is 5.70. The minimum atomic E-state index is -1.27. The summed E-state index contributed by atoms with van der Waals surface area (Å²) < 4.78 is 5.47. The number of nitrogens with zero attached hydrogens (tertiary/aromatic N) is 2. The predicted molar refractivity (Wildman–Crippen MR) is 153 cm³/mol. The molecule has 5 rings (SSSR count).